The summed E-state index contributed by atoms with van der Waals surface area (Å²) in [6, 6.07) is 11.0. The standard InChI is InChI=1S/C22H21N3O3S/c1-28-17-9-7-16(8-10-17)25-20(26)12-19(22(25)27)29-21-15(13-23)11-14-5-3-2-4-6-18(14)24-21/h7-11,19H,2-6,12H2,1H3/t19-/m0/s1. The van der Waals surface area contributed by atoms with Crippen LogP contribution in [0.1, 0.15) is 42.5 Å². The van der Waals surface area contributed by atoms with Crippen molar-refractivity contribution >= 4 is 29.3 Å². The zero-order chi connectivity index (χ0) is 20.4. The number of carbonyl (C=O) groups excluding carboxylic acids is 2. The molecule has 1 aromatic heterocycles. The van der Waals surface area contributed by atoms with E-state index in [1.165, 1.54) is 16.7 Å². The number of thioether (sulfide) groups is 1. The van der Waals surface area contributed by atoms with Crippen LogP contribution < -0.4 is 9.64 Å². The predicted octanol–water partition coefficient (Wildman–Crippen LogP) is 3.65. The number of imide groups is 1. The third kappa shape index (κ3) is 3.85. The molecule has 1 aromatic carbocycles. The van der Waals surface area contributed by atoms with Crippen molar-refractivity contribution < 1.29 is 14.3 Å². The number of pyridine rings is 1. The SMILES string of the molecule is COc1ccc(N2C(=O)C[C@H](Sc3nc4c(cc3C#N)CCCCC4)C2=O)cc1. The lowest BCUT2D eigenvalue weighted by Gasteiger charge is -2.16. The van der Waals surface area contributed by atoms with Crippen LogP contribution in [0.15, 0.2) is 35.4 Å². The van der Waals surface area contributed by atoms with Crippen LogP contribution in [0.4, 0.5) is 5.69 Å². The van der Waals surface area contributed by atoms with Gasteiger partial charge in [0.1, 0.15) is 16.8 Å². The van der Waals surface area contributed by atoms with Crippen LogP contribution in [0.5, 0.6) is 5.75 Å². The van der Waals surface area contributed by atoms with Crippen LogP contribution in [-0.4, -0.2) is 29.2 Å². The van der Waals surface area contributed by atoms with E-state index in [-0.39, 0.29) is 18.2 Å². The van der Waals surface area contributed by atoms with E-state index in [9.17, 15) is 14.9 Å². The summed E-state index contributed by atoms with van der Waals surface area (Å²) in [6.45, 7) is 0. The third-order valence-electron chi connectivity index (χ3n) is 5.33. The van der Waals surface area contributed by atoms with Gasteiger partial charge in [-0.1, -0.05) is 18.2 Å². The molecule has 0 N–H and O–H groups in total. The van der Waals surface area contributed by atoms with Crippen molar-refractivity contribution in [2.75, 3.05) is 12.0 Å². The summed E-state index contributed by atoms with van der Waals surface area (Å²) < 4.78 is 5.13. The van der Waals surface area contributed by atoms with Crippen molar-refractivity contribution in [1.82, 2.24) is 4.98 Å². The van der Waals surface area contributed by atoms with E-state index in [0.29, 0.717) is 22.0 Å². The van der Waals surface area contributed by atoms with Crippen LogP contribution in [0.3, 0.4) is 0 Å². The molecule has 2 aliphatic rings. The van der Waals surface area contributed by atoms with Crippen molar-refractivity contribution in [3.05, 3.63) is 47.2 Å². The maximum atomic E-state index is 13.0. The molecular formula is C22H21N3O3S. The van der Waals surface area contributed by atoms with Crippen LogP contribution >= 0.6 is 11.8 Å². The van der Waals surface area contributed by atoms with Gasteiger partial charge in [0, 0.05) is 12.1 Å². The predicted molar refractivity (Wildman–Crippen MR) is 110 cm³/mol. The topological polar surface area (TPSA) is 83.3 Å². The highest BCUT2D eigenvalue weighted by Gasteiger charge is 2.40. The molecule has 2 amide bonds. The Hall–Kier alpha value is -2.85. The average Bonchev–Trinajstić information content (AvgIpc) is 2.89. The van der Waals surface area contributed by atoms with Gasteiger partial charge >= 0.3 is 0 Å². The van der Waals surface area contributed by atoms with Gasteiger partial charge in [-0.25, -0.2) is 9.88 Å². The van der Waals surface area contributed by atoms with E-state index in [2.05, 4.69) is 6.07 Å². The molecule has 1 fully saturated rings. The lowest BCUT2D eigenvalue weighted by atomic mass is 10.1. The van der Waals surface area contributed by atoms with E-state index in [0.717, 1.165) is 43.4 Å². The summed E-state index contributed by atoms with van der Waals surface area (Å²) >= 11 is 1.23. The molecule has 1 aliphatic carbocycles. The fourth-order valence-electron chi connectivity index (χ4n) is 3.79. The van der Waals surface area contributed by atoms with Gasteiger partial charge < -0.3 is 4.74 Å². The number of benzene rings is 1. The number of rotatable bonds is 4. The van der Waals surface area contributed by atoms with Crippen molar-refractivity contribution in [2.24, 2.45) is 0 Å². The van der Waals surface area contributed by atoms with Crippen molar-refractivity contribution in [3.8, 4) is 11.8 Å². The maximum Gasteiger partial charge on any atom is 0.247 e. The fourth-order valence-corrected chi connectivity index (χ4v) is 4.89. The number of aryl methyl sites for hydroxylation is 2. The zero-order valence-corrected chi connectivity index (χ0v) is 17.0. The molecule has 0 radical (unpaired) electrons. The molecule has 4 rings (SSSR count). The van der Waals surface area contributed by atoms with Gasteiger partial charge in [-0.15, -0.1) is 0 Å². The normalized spacial score (nSPS) is 18.9. The van der Waals surface area contributed by atoms with E-state index in [1.54, 1.807) is 31.4 Å². The first kappa shape index (κ1) is 19.5. The maximum absolute atomic E-state index is 13.0. The highest BCUT2D eigenvalue weighted by Crippen LogP contribution is 2.36. The Balaban J connectivity index is 1.58. The second kappa shape index (κ2) is 8.26. The van der Waals surface area contributed by atoms with Crippen LogP contribution in [0.25, 0.3) is 0 Å². The molecule has 0 unspecified atom stereocenters. The number of hydrogen-bond acceptors (Lipinski definition) is 6. The van der Waals surface area contributed by atoms with Crippen LogP contribution in [0, 0.1) is 11.3 Å². The molecule has 1 atom stereocenters. The van der Waals surface area contributed by atoms with Gasteiger partial charge in [0.2, 0.25) is 11.8 Å². The molecule has 148 valence electrons. The Bertz CT molecular complexity index is 998. The number of carbonyl (C=O) groups is 2. The summed E-state index contributed by atoms with van der Waals surface area (Å²) in [7, 11) is 1.56. The molecule has 7 heteroatoms. The Labute approximate surface area is 173 Å². The molecule has 6 nitrogen and oxygen atoms in total. The molecular weight excluding hydrogens is 386 g/mol. The van der Waals surface area contributed by atoms with Crippen molar-refractivity contribution in [3.63, 3.8) is 0 Å². The molecule has 0 spiro atoms. The molecule has 2 heterocycles. The van der Waals surface area contributed by atoms with E-state index in [1.807, 2.05) is 6.07 Å². The van der Waals surface area contributed by atoms with E-state index >= 15 is 0 Å². The number of anilines is 1. The minimum atomic E-state index is -0.576. The van der Waals surface area contributed by atoms with Gasteiger partial charge in [0.25, 0.3) is 0 Å². The first-order valence-corrected chi connectivity index (χ1v) is 10.6. The number of aromatic nitrogens is 1. The lowest BCUT2D eigenvalue weighted by Crippen LogP contribution is -2.31. The Kier molecular flexibility index (Phi) is 5.54. The number of nitrogens with zero attached hydrogens (tertiary/aromatic N) is 3. The number of methoxy groups -OCH3 is 1. The first-order valence-electron chi connectivity index (χ1n) is 9.71. The average molecular weight is 407 g/mol. The molecule has 0 bridgehead atoms. The molecule has 1 saturated heterocycles. The van der Waals surface area contributed by atoms with Gasteiger partial charge in [-0.2, -0.15) is 5.26 Å². The Morgan fingerprint density at radius 3 is 2.66 bits per heavy atom. The van der Waals surface area contributed by atoms with Crippen molar-refractivity contribution in [1.29, 1.82) is 5.26 Å². The van der Waals surface area contributed by atoms with Gasteiger partial charge in [0.15, 0.2) is 0 Å². The number of nitriles is 1. The van der Waals surface area contributed by atoms with Gasteiger partial charge in [0.05, 0.1) is 23.6 Å². The first-order chi connectivity index (χ1) is 14.1. The van der Waals surface area contributed by atoms with Crippen LogP contribution in [0.2, 0.25) is 0 Å². The summed E-state index contributed by atoms with van der Waals surface area (Å²) in [5.74, 6) is 0.142. The van der Waals surface area contributed by atoms with E-state index < -0.39 is 5.25 Å². The number of fused-ring (bicyclic) bond motifs is 1. The van der Waals surface area contributed by atoms with Gasteiger partial charge in [-0.05, 0) is 61.6 Å². The van der Waals surface area contributed by atoms with Crippen molar-refractivity contribution in [2.45, 2.75) is 48.8 Å². The van der Waals surface area contributed by atoms with E-state index in [4.69, 9.17) is 9.72 Å². The third-order valence-corrected chi connectivity index (χ3v) is 6.51. The quantitative estimate of drug-likeness (QED) is 0.568. The number of ether oxygens (including phenoxy) is 1. The monoisotopic (exact) mass is 407 g/mol. The second-order valence-corrected chi connectivity index (χ2v) is 8.39. The largest absolute Gasteiger partial charge is 0.497 e. The summed E-state index contributed by atoms with van der Waals surface area (Å²) in [6.07, 6.45) is 5.28. The highest BCUT2D eigenvalue weighted by molar-refractivity contribution is 8.00. The summed E-state index contributed by atoms with van der Waals surface area (Å²) in [5.41, 5.74) is 3.17. The summed E-state index contributed by atoms with van der Waals surface area (Å²) in [5, 5.41) is 9.56. The molecule has 29 heavy (non-hydrogen) atoms. The van der Waals surface area contributed by atoms with Crippen LogP contribution in [-0.2, 0) is 22.4 Å². The lowest BCUT2D eigenvalue weighted by molar-refractivity contribution is -0.121. The Morgan fingerprint density at radius 2 is 1.93 bits per heavy atom. The highest BCUT2D eigenvalue weighted by atomic mass is 32.2. The summed E-state index contributed by atoms with van der Waals surface area (Å²) in [4.78, 5) is 31.5. The molecule has 1 aliphatic heterocycles. The number of hydrogen-bond donors (Lipinski definition) is 0. The second-order valence-electron chi connectivity index (χ2n) is 7.20. The zero-order valence-electron chi connectivity index (χ0n) is 16.2. The Morgan fingerprint density at radius 1 is 1.17 bits per heavy atom. The molecule has 0 saturated carbocycles. The minimum absolute atomic E-state index is 0.0964. The van der Waals surface area contributed by atoms with Gasteiger partial charge in [-0.3, -0.25) is 9.59 Å². The fraction of sp³-hybridized carbons (Fsp3) is 0.364. The minimum Gasteiger partial charge on any atom is -0.497 e. The smallest absolute Gasteiger partial charge is 0.247 e. The molecule has 2 aromatic rings. The number of amides is 2.